The number of allylic oxidation sites excluding steroid dienone is 8. The zero-order chi connectivity index (χ0) is 32.0. The molecule has 0 atom stereocenters. The monoisotopic (exact) mass is 615 g/mol. The van der Waals surface area contributed by atoms with Gasteiger partial charge in [-0.05, 0) is 105 Å². The summed E-state index contributed by atoms with van der Waals surface area (Å²) < 4.78 is 2.53. The molecular weight excluding hydrogens is 579 g/mol. The Kier molecular flexibility index (Phi) is 5.94. The van der Waals surface area contributed by atoms with E-state index >= 15 is 0 Å². The number of para-hydroxylation sites is 2. The molecule has 10 rings (SSSR count). The van der Waals surface area contributed by atoms with Crippen molar-refractivity contribution in [3.63, 3.8) is 0 Å². The molecule has 1 nitrogen and oxygen atoms in total. The lowest BCUT2D eigenvalue weighted by Gasteiger charge is -2.24. The third-order valence-corrected chi connectivity index (χ3v) is 11.3. The normalized spacial score (nSPS) is 16.7. The lowest BCUT2D eigenvalue weighted by Crippen LogP contribution is -2.16. The van der Waals surface area contributed by atoms with E-state index in [9.17, 15) is 0 Å². The second kappa shape index (κ2) is 10.3. The first-order valence-corrected chi connectivity index (χ1v) is 17.5. The number of hydrogen-bond acceptors (Lipinski definition) is 0. The van der Waals surface area contributed by atoms with Gasteiger partial charge in [-0.15, -0.1) is 0 Å². The van der Waals surface area contributed by atoms with Crippen molar-refractivity contribution in [3.05, 3.63) is 162 Å². The van der Waals surface area contributed by atoms with E-state index < -0.39 is 0 Å². The van der Waals surface area contributed by atoms with Crippen LogP contribution in [0.2, 0.25) is 0 Å². The van der Waals surface area contributed by atoms with E-state index in [-0.39, 0.29) is 5.41 Å². The van der Waals surface area contributed by atoms with Crippen molar-refractivity contribution in [2.24, 2.45) is 0 Å². The van der Waals surface area contributed by atoms with Crippen molar-refractivity contribution in [2.75, 3.05) is 0 Å². The van der Waals surface area contributed by atoms with Gasteiger partial charge in [0.25, 0.3) is 0 Å². The average molecular weight is 616 g/mol. The van der Waals surface area contributed by atoms with Gasteiger partial charge < -0.3 is 4.57 Å². The third kappa shape index (κ3) is 3.85. The summed E-state index contributed by atoms with van der Waals surface area (Å²) in [6, 6.07) is 41.5. The molecule has 230 valence electrons. The Morgan fingerprint density at radius 3 is 2.00 bits per heavy atom. The first-order chi connectivity index (χ1) is 23.6. The summed E-state index contributed by atoms with van der Waals surface area (Å²) in [6.07, 6.45) is 16.0. The Morgan fingerprint density at radius 2 is 1.25 bits per heavy atom. The number of aromatic nitrogens is 1. The molecular formula is C47H37N. The summed E-state index contributed by atoms with van der Waals surface area (Å²) in [4.78, 5) is 0. The molecule has 1 heterocycles. The van der Waals surface area contributed by atoms with E-state index in [0.29, 0.717) is 0 Å². The summed E-state index contributed by atoms with van der Waals surface area (Å²) in [5.74, 6) is 0. The lowest BCUT2D eigenvalue weighted by atomic mass is 9.79. The van der Waals surface area contributed by atoms with Crippen molar-refractivity contribution in [3.8, 4) is 16.8 Å². The summed E-state index contributed by atoms with van der Waals surface area (Å²) >= 11 is 0. The van der Waals surface area contributed by atoms with Gasteiger partial charge in [0.2, 0.25) is 0 Å². The highest BCUT2D eigenvalue weighted by molar-refractivity contribution is 6.21. The largest absolute Gasteiger partial charge is 0.308 e. The Balaban J connectivity index is 1.35. The third-order valence-electron chi connectivity index (χ3n) is 11.3. The summed E-state index contributed by atoms with van der Waals surface area (Å²) in [6.45, 7) is 4.79. The average Bonchev–Trinajstić information content (AvgIpc) is 3.59. The molecule has 0 saturated carbocycles. The Morgan fingerprint density at radius 1 is 0.583 bits per heavy atom. The molecule has 0 amide bonds. The molecule has 0 aliphatic heterocycles. The van der Waals surface area contributed by atoms with Gasteiger partial charge in [0.1, 0.15) is 0 Å². The number of fused-ring (bicyclic) bond motifs is 7. The van der Waals surface area contributed by atoms with Crippen LogP contribution >= 0.6 is 0 Å². The number of rotatable bonds is 3. The van der Waals surface area contributed by atoms with Gasteiger partial charge in [-0.2, -0.15) is 0 Å². The van der Waals surface area contributed by atoms with Crippen LogP contribution in [0.5, 0.6) is 0 Å². The zero-order valence-electron chi connectivity index (χ0n) is 27.6. The van der Waals surface area contributed by atoms with Crippen LogP contribution < -0.4 is 0 Å². The molecule has 0 spiro atoms. The van der Waals surface area contributed by atoms with Crippen molar-refractivity contribution >= 4 is 54.5 Å². The fourth-order valence-electron chi connectivity index (χ4n) is 9.08. The van der Waals surface area contributed by atoms with E-state index in [2.05, 4.69) is 158 Å². The summed E-state index contributed by atoms with van der Waals surface area (Å²) in [5.41, 5.74) is 15.1. The van der Waals surface area contributed by atoms with Crippen LogP contribution in [0, 0.1) is 0 Å². The molecule has 0 bridgehead atoms. The number of hydrogen-bond donors (Lipinski definition) is 0. The molecule has 1 aromatic heterocycles. The van der Waals surface area contributed by atoms with Gasteiger partial charge in [0.15, 0.2) is 0 Å². The van der Waals surface area contributed by atoms with E-state index in [4.69, 9.17) is 0 Å². The standard InChI is InChI=1S/C47H37N/c1-47(2)41-21-11-8-16-33(41)39-29-32(25-27-42(39)47)45-36-19-6-7-20-37(36)46(38-26-24-31(28-40(38)45)30-14-4-3-5-15-30)48-43-22-12-9-17-34(43)35-18-10-13-23-44(35)48/h3-4,6-7,9-14,17-29H,5,8,15-16H2,1-2H3. The zero-order valence-corrected chi connectivity index (χ0v) is 27.6. The number of benzene rings is 6. The fraction of sp³-hybridized carbons (Fsp3) is 0.149. The molecule has 7 aromatic rings. The lowest BCUT2D eigenvalue weighted by molar-refractivity contribution is 0.651. The van der Waals surface area contributed by atoms with E-state index in [1.54, 1.807) is 0 Å². The predicted molar refractivity (Wildman–Crippen MR) is 206 cm³/mol. The SMILES string of the molecule is CC1(C)C2=C(CCC=C2)c2cc(-c3c4ccccc4c(-n4c5ccccc5c5ccccc54)c4ccc(C5=CC=CCC5)cc34)ccc21. The van der Waals surface area contributed by atoms with E-state index in [1.165, 1.54) is 93.6 Å². The van der Waals surface area contributed by atoms with Gasteiger partial charge in [0, 0.05) is 27.0 Å². The van der Waals surface area contributed by atoms with Gasteiger partial charge >= 0.3 is 0 Å². The van der Waals surface area contributed by atoms with Crippen LogP contribution in [0.1, 0.15) is 56.2 Å². The summed E-state index contributed by atoms with van der Waals surface area (Å²) in [7, 11) is 0. The van der Waals surface area contributed by atoms with Crippen molar-refractivity contribution in [2.45, 2.75) is 44.9 Å². The molecule has 3 aliphatic rings. The smallest absolute Gasteiger partial charge is 0.0619 e. The molecule has 0 saturated heterocycles. The Bertz CT molecular complexity index is 2580. The summed E-state index contributed by atoms with van der Waals surface area (Å²) in [5, 5.41) is 7.75. The van der Waals surface area contributed by atoms with Crippen LogP contribution in [0.15, 0.2) is 145 Å². The van der Waals surface area contributed by atoms with Crippen molar-refractivity contribution in [1.82, 2.24) is 4.57 Å². The second-order valence-electron chi connectivity index (χ2n) is 14.3. The predicted octanol–water partition coefficient (Wildman–Crippen LogP) is 12.9. The van der Waals surface area contributed by atoms with Gasteiger partial charge in [-0.3, -0.25) is 0 Å². The van der Waals surface area contributed by atoms with E-state index in [1.807, 2.05) is 0 Å². The number of nitrogens with zero attached hydrogens (tertiary/aromatic N) is 1. The molecule has 48 heavy (non-hydrogen) atoms. The first-order valence-electron chi connectivity index (χ1n) is 17.5. The van der Waals surface area contributed by atoms with E-state index in [0.717, 1.165) is 25.7 Å². The van der Waals surface area contributed by atoms with Crippen LogP contribution in [0.4, 0.5) is 0 Å². The van der Waals surface area contributed by atoms with Crippen LogP contribution in [-0.4, -0.2) is 4.57 Å². The maximum atomic E-state index is 2.53. The highest BCUT2D eigenvalue weighted by Gasteiger charge is 2.37. The Labute approximate surface area is 281 Å². The highest BCUT2D eigenvalue weighted by atomic mass is 15.0. The fourth-order valence-corrected chi connectivity index (χ4v) is 9.08. The van der Waals surface area contributed by atoms with Crippen LogP contribution in [0.25, 0.3) is 71.3 Å². The van der Waals surface area contributed by atoms with Crippen molar-refractivity contribution < 1.29 is 0 Å². The molecule has 0 radical (unpaired) electrons. The van der Waals surface area contributed by atoms with Gasteiger partial charge in [-0.1, -0.05) is 129 Å². The van der Waals surface area contributed by atoms with Crippen LogP contribution in [-0.2, 0) is 5.41 Å². The Hall–Kier alpha value is -5.40. The quantitative estimate of drug-likeness (QED) is 0.174. The minimum Gasteiger partial charge on any atom is -0.308 e. The molecule has 0 unspecified atom stereocenters. The minimum absolute atomic E-state index is 0.0266. The second-order valence-corrected chi connectivity index (χ2v) is 14.3. The minimum atomic E-state index is 0.0266. The molecule has 3 aliphatic carbocycles. The molecule has 6 aromatic carbocycles. The van der Waals surface area contributed by atoms with Crippen LogP contribution in [0.3, 0.4) is 0 Å². The highest BCUT2D eigenvalue weighted by Crippen LogP contribution is 2.52. The van der Waals surface area contributed by atoms with Gasteiger partial charge in [0.05, 0.1) is 16.7 Å². The molecule has 1 heteroatoms. The maximum Gasteiger partial charge on any atom is 0.0619 e. The van der Waals surface area contributed by atoms with Gasteiger partial charge in [-0.25, -0.2) is 0 Å². The molecule has 0 fully saturated rings. The molecule has 0 N–H and O–H groups in total. The maximum absolute atomic E-state index is 2.53. The van der Waals surface area contributed by atoms with Crippen molar-refractivity contribution in [1.29, 1.82) is 0 Å². The topological polar surface area (TPSA) is 4.93 Å². The first kappa shape index (κ1) is 27.7.